The fourth-order valence-corrected chi connectivity index (χ4v) is 2.05. The second-order valence-electron chi connectivity index (χ2n) is 4.56. The molecule has 1 heterocycles. The van der Waals surface area contributed by atoms with Gasteiger partial charge < -0.3 is 9.84 Å². The predicted octanol–water partition coefficient (Wildman–Crippen LogP) is 1.95. The number of aromatic nitrogens is 2. The van der Waals surface area contributed by atoms with Crippen LogP contribution < -0.4 is 5.32 Å². The third-order valence-corrected chi connectivity index (χ3v) is 3.04. The van der Waals surface area contributed by atoms with Gasteiger partial charge in [0.25, 0.3) is 0 Å². The number of nitrogens with one attached hydrogen (secondary N) is 1. The van der Waals surface area contributed by atoms with Crippen LogP contribution in [0.2, 0.25) is 0 Å². The molecule has 0 radical (unpaired) electrons. The first-order chi connectivity index (χ1) is 7.83. The number of nitrogens with zero attached hydrogens (tertiary/aromatic N) is 2. The van der Waals surface area contributed by atoms with Gasteiger partial charge in [-0.1, -0.05) is 19.0 Å². The Hall–Kier alpha value is -0.900. The van der Waals surface area contributed by atoms with Gasteiger partial charge >= 0.3 is 0 Å². The van der Waals surface area contributed by atoms with Gasteiger partial charge in [-0.3, -0.25) is 0 Å². The van der Waals surface area contributed by atoms with Gasteiger partial charge in [-0.15, -0.1) is 0 Å². The van der Waals surface area contributed by atoms with Crippen molar-refractivity contribution in [3.63, 3.8) is 0 Å². The molecule has 4 heteroatoms. The largest absolute Gasteiger partial charge is 0.339 e. The summed E-state index contributed by atoms with van der Waals surface area (Å²) in [6.45, 7) is 5.28. The second kappa shape index (κ2) is 5.43. The Morgan fingerprint density at radius 1 is 1.44 bits per heavy atom. The number of hydrogen-bond acceptors (Lipinski definition) is 4. The number of hydrogen-bond donors (Lipinski definition) is 1. The minimum absolute atomic E-state index is 0.528. The fraction of sp³-hybridized carbons (Fsp3) is 0.833. The summed E-state index contributed by atoms with van der Waals surface area (Å²) in [4.78, 5) is 4.41. The molecule has 1 atom stereocenters. The van der Waals surface area contributed by atoms with Gasteiger partial charge in [-0.2, -0.15) is 4.98 Å². The van der Waals surface area contributed by atoms with E-state index < -0.39 is 0 Å². The first kappa shape index (κ1) is 11.6. The zero-order chi connectivity index (χ0) is 11.4. The molecule has 0 aliphatic heterocycles. The van der Waals surface area contributed by atoms with Crippen molar-refractivity contribution >= 4 is 0 Å². The Kier molecular flexibility index (Phi) is 3.93. The van der Waals surface area contributed by atoms with Crippen LogP contribution in [0.5, 0.6) is 0 Å². The maximum absolute atomic E-state index is 5.27. The first-order valence-corrected chi connectivity index (χ1v) is 6.38. The summed E-state index contributed by atoms with van der Waals surface area (Å²) in [7, 11) is 0. The van der Waals surface area contributed by atoms with Gasteiger partial charge in [-0.05, 0) is 31.7 Å². The molecule has 90 valence electrons. The van der Waals surface area contributed by atoms with Crippen molar-refractivity contribution in [2.75, 3.05) is 6.54 Å². The lowest BCUT2D eigenvalue weighted by atomic mass is 10.1. The summed E-state index contributed by atoms with van der Waals surface area (Å²) in [5, 5.41) is 7.49. The first-order valence-electron chi connectivity index (χ1n) is 6.38. The van der Waals surface area contributed by atoms with Gasteiger partial charge in [0.1, 0.15) is 0 Å². The molecule has 0 bridgehead atoms. The Morgan fingerprint density at radius 2 is 2.25 bits per heavy atom. The van der Waals surface area contributed by atoms with Crippen molar-refractivity contribution in [3.8, 4) is 0 Å². The topological polar surface area (TPSA) is 51.0 Å². The molecule has 0 saturated heterocycles. The van der Waals surface area contributed by atoms with Gasteiger partial charge in [0.2, 0.25) is 5.89 Å². The number of likely N-dealkylation sites (N-methyl/N-ethyl adjacent to an activating group) is 1. The average Bonchev–Trinajstić information content (AvgIpc) is 3.02. The van der Waals surface area contributed by atoms with Crippen molar-refractivity contribution in [2.45, 2.75) is 52.0 Å². The highest BCUT2D eigenvalue weighted by atomic mass is 16.5. The van der Waals surface area contributed by atoms with Gasteiger partial charge in [0.15, 0.2) is 5.82 Å². The molecule has 2 rings (SSSR count). The summed E-state index contributed by atoms with van der Waals surface area (Å²) >= 11 is 0. The normalized spacial score (nSPS) is 17.6. The maximum Gasteiger partial charge on any atom is 0.228 e. The van der Waals surface area contributed by atoms with Crippen LogP contribution in [0.3, 0.4) is 0 Å². The van der Waals surface area contributed by atoms with E-state index in [2.05, 4.69) is 29.3 Å². The molecule has 1 fully saturated rings. The van der Waals surface area contributed by atoms with Crippen LogP contribution in [0, 0.1) is 5.92 Å². The van der Waals surface area contributed by atoms with E-state index in [0.717, 1.165) is 43.4 Å². The van der Waals surface area contributed by atoms with E-state index in [1.807, 2.05) is 0 Å². The van der Waals surface area contributed by atoms with E-state index in [1.165, 1.54) is 12.8 Å². The molecular weight excluding hydrogens is 202 g/mol. The molecule has 0 amide bonds. The van der Waals surface area contributed by atoms with Crippen molar-refractivity contribution in [3.05, 3.63) is 11.7 Å². The van der Waals surface area contributed by atoms with E-state index in [4.69, 9.17) is 4.52 Å². The molecule has 1 aromatic heterocycles. The van der Waals surface area contributed by atoms with Crippen LogP contribution in [0.25, 0.3) is 0 Å². The number of rotatable bonds is 7. The highest BCUT2D eigenvalue weighted by Gasteiger charge is 2.31. The molecule has 0 aromatic carbocycles. The minimum Gasteiger partial charge on any atom is -0.339 e. The Balaban J connectivity index is 1.89. The molecule has 1 saturated carbocycles. The lowest BCUT2D eigenvalue weighted by Gasteiger charge is -2.14. The molecule has 4 nitrogen and oxygen atoms in total. The molecule has 1 unspecified atom stereocenters. The summed E-state index contributed by atoms with van der Waals surface area (Å²) in [6, 6.07) is 0.528. The van der Waals surface area contributed by atoms with Gasteiger partial charge in [0.05, 0.1) is 0 Å². The van der Waals surface area contributed by atoms with E-state index in [9.17, 15) is 0 Å². The second-order valence-corrected chi connectivity index (χ2v) is 4.56. The lowest BCUT2D eigenvalue weighted by Crippen LogP contribution is -2.33. The van der Waals surface area contributed by atoms with Crippen LogP contribution in [0.15, 0.2) is 4.52 Å². The zero-order valence-corrected chi connectivity index (χ0v) is 10.2. The molecule has 1 N–H and O–H groups in total. The van der Waals surface area contributed by atoms with E-state index >= 15 is 0 Å². The van der Waals surface area contributed by atoms with E-state index in [-0.39, 0.29) is 0 Å². The smallest absolute Gasteiger partial charge is 0.228 e. The number of aryl methyl sites for hydroxylation is 1. The quantitative estimate of drug-likeness (QED) is 0.767. The molecule has 16 heavy (non-hydrogen) atoms. The minimum atomic E-state index is 0.528. The SMILES string of the molecule is CCCc1noc(CC(NCC)C2CC2)n1. The summed E-state index contributed by atoms with van der Waals surface area (Å²) < 4.78 is 5.27. The van der Waals surface area contributed by atoms with Crippen molar-refractivity contribution in [1.82, 2.24) is 15.5 Å². The van der Waals surface area contributed by atoms with Crippen LogP contribution in [0.4, 0.5) is 0 Å². The summed E-state index contributed by atoms with van der Waals surface area (Å²) in [6.07, 6.45) is 5.55. The van der Waals surface area contributed by atoms with Crippen LogP contribution >= 0.6 is 0 Å². The molecular formula is C12H21N3O. The lowest BCUT2D eigenvalue weighted by molar-refractivity contribution is 0.344. The third kappa shape index (κ3) is 3.04. The monoisotopic (exact) mass is 223 g/mol. The molecule has 1 aliphatic carbocycles. The van der Waals surface area contributed by atoms with Crippen LogP contribution in [-0.4, -0.2) is 22.7 Å². The average molecular weight is 223 g/mol. The predicted molar refractivity (Wildman–Crippen MR) is 62.2 cm³/mol. The summed E-state index contributed by atoms with van der Waals surface area (Å²) in [5.41, 5.74) is 0. The molecule has 0 spiro atoms. The summed E-state index contributed by atoms with van der Waals surface area (Å²) in [5.74, 6) is 2.46. The zero-order valence-electron chi connectivity index (χ0n) is 10.2. The highest BCUT2D eigenvalue weighted by molar-refractivity contribution is 4.95. The van der Waals surface area contributed by atoms with Crippen molar-refractivity contribution in [1.29, 1.82) is 0 Å². The Bertz CT molecular complexity index is 320. The van der Waals surface area contributed by atoms with Crippen molar-refractivity contribution in [2.24, 2.45) is 5.92 Å². The van der Waals surface area contributed by atoms with Crippen molar-refractivity contribution < 1.29 is 4.52 Å². The van der Waals surface area contributed by atoms with Crippen LogP contribution in [-0.2, 0) is 12.8 Å². The fourth-order valence-electron chi connectivity index (χ4n) is 2.05. The Morgan fingerprint density at radius 3 is 2.88 bits per heavy atom. The van der Waals surface area contributed by atoms with Gasteiger partial charge in [0, 0.05) is 18.9 Å². The molecule has 1 aromatic rings. The van der Waals surface area contributed by atoms with E-state index in [0.29, 0.717) is 6.04 Å². The maximum atomic E-state index is 5.27. The standard InChI is InChI=1S/C12H21N3O/c1-3-5-11-14-12(16-15-11)8-10(13-4-2)9-6-7-9/h9-10,13H,3-8H2,1-2H3. The van der Waals surface area contributed by atoms with Crippen LogP contribution in [0.1, 0.15) is 44.8 Å². The Labute approximate surface area is 96.8 Å². The van der Waals surface area contributed by atoms with E-state index in [1.54, 1.807) is 0 Å². The highest BCUT2D eigenvalue weighted by Crippen LogP contribution is 2.33. The van der Waals surface area contributed by atoms with Gasteiger partial charge in [-0.25, -0.2) is 0 Å². The third-order valence-electron chi connectivity index (χ3n) is 3.04. The molecule has 1 aliphatic rings.